The zero-order chi connectivity index (χ0) is 19.0. The van der Waals surface area contributed by atoms with Crippen molar-refractivity contribution in [3.63, 3.8) is 0 Å². The molecule has 2 fully saturated rings. The highest BCUT2D eigenvalue weighted by Crippen LogP contribution is 2.24. The number of aromatic nitrogens is 1. The predicted octanol–water partition coefficient (Wildman–Crippen LogP) is -0.385. The van der Waals surface area contributed by atoms with Gasteiger partial charge in [0.15, 0.2) is 6.04 Å². The zero-order valence-corrected chi connectivity index (χ0v) is 14.9. The third-order valence-electron chi connectivity index (χ3n) is 5.39. The van der Waals surface area contributed by atoms with Crippen molar-refractivity contribution in [2.75, 3.05) is 25.0 Å². The Labute approximate surface area is 156 Å². The van der Waals surface area contributed by atoms with Crippen molar-refractivity contribution in [3.05, 3.63) is 24.0 Å². The second-order valence-corrected chi connectivity index (χ2v) is 7.14. The Balaban J connectivity index is 1.55. The Kier molecular flexibility index (Phi) is 4.61. The van der Waals surface area contributed by atoms with E-state index in [1.165, 1.54) is 10.8 Å². The molecule has 1 unspecified atom stereocenters. The largest absolute Gasteiger partial charge is 0.507 e. The van der Waals surface area contributed by atoms with E-state index in [1.54, 1.807) is 12.1 Å². The molecule has 1 aromatic rings. The van der Waals surface area contributed by atoms with Crippen molar-refractivity contribution in [2.45, 2.75) is 31.7 Å². The maximum Gasteiger partial charge on any atom is 0.507 e. The van der Waals surface area contributed by atoms with Gasteiger partial charge in [-0.15, -0.1) is 4.90 Å². The van der Waals surface area contributed by atoms with E-state index in [2.05, 4.69) is 16.0 Å². The van der Waals surface area contributed by atoms with Crippen LogP contribution in [0, 0.1) is 5.92 Å². The number of nitrogens with zero attached hydrogens (tertiary/aromatic N) is 2. The van der Waals surface area contributed by atoms with E-state index in [0.29, 0.717) is 11.6 Å². The van der Waals surface area contributed by atoms with Crippen molar-refractivity contribution in [1.82, 2.24) is 15.5 Å². The molecule has 0 saturated carbocycles. The van der Waals surface area contributed by atoms with E-state index in [0.717, 1.165) is 37.4 Å². The van der Waals surface area contributed by atoms with Gasteiger partial charge in [-0.3, -0.25) is 14.9 Å². The first kappa shape index (κ1) is 17.6. The van der Waals surface area contributed by atoms with E-state index in [-0.39, 0.29) is 24.4 Å². The Hall–Kier alpha value is -2.81. The summed E-state index contributed by atoms with van der Waals surface area (Å²) >= 11 is 0. The van der Waals surface area contributed by atoms with E-state index in [1.807, 2.05) is 0 Å². The van der Waals surface area contributed by atoms with E-state index in [4.69, 9.17) is 0 Å². The number of hydrogen-bond acceptors (Lipinski definition) is 6. The first-order valence-corrected chi connectivity index (χ1v) is 9.27. The highest BCUT2D eigenvalue weighted by Gasteiger charge is 2.54. The molecule has 0 bridgehead atoms. The number of fused-ring (bicyclic) bond motifs is 1. The van der Waals surface area contributed by atoms with E-state index < -0.39 is 23.9 Å². The van der Waals surface area contributed by atoms with Gasteiger partial charge in [-0.1, -0.05) is 0 Å². The van der Waals surface area contributed by atoms with Crippen LogP contribution in [0.1, 0.15) is 36.2 Å². The minimum absolute atomic E-state index is 0.106. The van der Waals surface area contributed by atoms with Crippen LogP contribution in [0.3, 0.4) is 0 Å². The fourth-order valence-electron chi connectivity index (χ4n) is 3.89. The monoisotopic (exact) mass is 372 g/mol. The second kappa shape index (κ2) is 7.07. The fourth-order valence-corrected chi connectivity index (χ4v) is 3.89. The third-order valence-corrected chi connectivity index (χ3v) is 5.39. The predicted molar refractivity (Wildman–Crippen MR) is 93.9 cm³/mol. The molecule has 0 aromatic carbocycles. The first-order chi connectivity index (χ1) is 13.1. The molecule has 142 valence electrons. The summed E-state index contributed by atoms with van der Waals surface area (Å²) in [7, 11) is 0. The lowest BCUT2D eigenvalue weighted by Crippen LogP contribution is -2.57. The average molecular weight is 372 g/mol. The number of piperidine rings is 2. The molecule has 4 rings (SSSR count). The standard InChI is InChI=1S/C18H21N5O4/c24-14-4-3-13(16(25)21-14)23-17(26)15-12(2-1-9-22(15)18(23)27)20-10-11-5-7-19-8-6-11/h1-2,9,11,13,19H,3-8,10H2,(H-,20,21,24,25,26)/p+1. The quantitative estimate of drug-likeness (QED) is 0.491. The summed E-state index contributed by atoms with van der Waals surface area (Å²) in [5.41, 5.74) is 0.824. The van der Waals surface area contributed by atoms with Gasteiger partial charge >= 0.3 is 11.9 Å². The minimum Gasteiger partial charge on any atom is -0.381 e. The molecule has 4 heterocycles. The van der Waals surface area contributed by atoms with Gasteiger partial charge in [0, 0.05) is 19.4 Å². The van der Waals surface area contributed by atoms with Gasteiger partial charge < -0.3 is 10.6 Å². The SMILES string of the molecule is O=C1CCC(N2C(=O)c3c(NCC4CCNCC4)ccc[n+]3C2=O)C(=O)N1. The number of pyridine rings is 1. The number of anilines is 1. The van der Waals surface area contributed by atoms with Gasteiger partial charge in [0.25, 0.3) is 5.91 Å². The maximum atomic E-state index is 13.0. The zero-order valence-electron chi connectivity index (χ0n) is 14.9. The lowest BCUT2D eigenvalue weighted by molar-refractivity contribution is -0.570. The second-order valence-electron chi connectivity index (χ2n) is 7.14. The summed E-state index contributed by atoms with van der Waals surface area (Å²) in [6.45, 7) is 2.68. The van der Waals surface area contributed by atoms with Gasteiger partial charge in [0.05, 0.1) is 5.69 Å². The van der Waals surface area contributed by atoms with Gasteiger partial charge in [0.1, 0.15) is 6.20 Å². The summed E-state index contributed by atoms with van der Waals surface area (Å²) in [6, 6.07) is 1.95. The summed E-state index contributed by atoms with van der Waals surface area (Å²) in [4.78, 5) is 50.2. The Morgan fingerprint density at radius 2 is 1.93 bits per heavy atom. The third kappa shape index (κ3) is 3.18. The van der Waals surface area contributed by atoms with Crippen LogP contribution in [0.25, 0.3) is 0 Å². The van der Waals surface area contributed by atoms with Gasteiger partial charge in [-0.05, 0) is 44.0 Å². The number of imide groups is 2. The number of carbonyl (C=O) groups is 4. The highest BCUT2D eigenvalue weighted by molar-refractivity contribution is 6.12. The molecular weight excluding hydrogens is 350 g/mol. The summed E-state index contributed by atoms with van der Waals surface area (Å²) in [5.74, 6) is -0.996. The molecule has 0 radical (unpaired) electrons. The molecule has 27 heavy (non-hydrogen) atoms. The smallest absolute Gasteiger partial charge is 0.381 e. The lowest BCUT2D eigenvalue weighted by atomic mass is 9.98. The van der Waals surface area contributed by atoms with Crippen LogP contribution >= 0.6 is 0 Å². The molecule has 3 N–H and O–H groups in total. The average Bonchev–Trinajstić information content (AvgIpc) is 2.93. The Morgan fingerprint density at radius 1 is 1.15 bits per heavy atom. The van der Waals surface area contributed by atoms with Crippen molar-refractivity contribution >= 4 is 29.4 Å². The van der Waals surface area contributed by atoms with E-state index in [9.17, 15) is 19.2 Å². The van der Waals surface area contributed by atoms with Crippen LogP contribution in [-0.4, -0.2) is 54.3 Å². The summed E-state index contributed by atoms with van der Waals surface area (Å²) < 4.78 is 1.27. The van der Waals surface area contributed by atoms with Crippen molar-refractivity contribution in [2.24, 2.45) is 5.92 Å². The number of rotatable bonds is 4. The number of nitrogens with one attached hydrogen (secondary N) is 3. The molecule has 3 aliphatic heterocycles. The van der Waals surface area contributed by atoms with Crippen LogP contribution in [0.2, 0.25) is 0 Å². The highest BCUT2D eigenvalue weighted by atomic mass is 16.2. The molecule has 0 spiro atoms. The van der Waals surface area contributed by atoms with Crippen LogP contribution in [0.15, 0.2) is 18.3 Å². The molecular formula is C18H22N5O4+. The fraction of sp³-hybridized carbons (Fsp3) is 0.500. The minimum atomic E-state index is -0.958. The molecule has 9 nitrogen and oxygen atoms in total. The molecule has 3 aliphatic rings. The molecule has 1 aromatic heterocycles. The topological polar surface area (TPSA) is 111 Å². The molecule has 0 aliphatic carbocycles. The Morgan fingerprint density at radius 3 is 2.67 bits per heavy atom. The maximum absolute atomic E-state index is 13.0. The Bertz CT molecular complexity index is 818. The van der Waals surface area contributed by atoms with Gasteiger partial charge in [0.2, 0.25) is 11.6 Å². The van der Waals surface area contributed by atoms with Gasteiger partial charge in [-0.25, -0.2) is 4.79 Å². The number of hydrogen-bond donors (Lipinski definition) is 3. The molecule has 9 heteroatoms. The van der Waals surface area contributed by atoms with Crippen molar-refractivity contribution in [3.8, 4) is 0 Å². The van der Waals surface area contributed by atoms with Crippen molar-refractivity contribution < 1.29 is 23.7 Å². The molecule has 2 saturated heterocycles. The lowest BCUT2D eigenvalue weighted by Gasteiger charge is -2.23. The van der Waals surface area contributed by atoms with Crippen LogP contribution in [-0.2, 0) is 9.59 Å². The van der Waals surface area contributed by atoms with Crippen molar-refractivity contribution in [1.29, 1.82) is 0 Å². The van der Waals surface area contributed by atoms with Crippen LogP contribution in [0.4, 0.5) is 10.5 Å². The summed E-state index contributed by atoms with van der Waals surface area (Å²) in [6.07, 6.45) is 3.90. The van der Waals surface area contributed by atoms with Crippen LogP contribution in [0.5, 0.6) is 0 Å². The number of amides is 4. The summed E-state index contributed by atoms with van der Waals surface area (Å²) in [5, 5.41) is 8.82. The van der Waals surface area contributed by atoms with Crippen LogP contribution < -0.4 is 20.5 Å². The van der Waals surface area contributed by atoms with Gasteiger partial charge in [-0.2, -0.15) is 9.36 Å². The van der Waals surface area contributed by atoms with E-state index >= 15 is 0 Å². The molecule has 1 atom stereocenters. The number of carbonyl (C=O) groups excluding carboxylic acids is 4. The normalized spacial score (nSPS) is 23.4. The molecule has 4 amide bonds. The first-order valence-electron chi connectivity index (χ1n) is 9.27.